The molecular formula is C24H21F7N4O2. The number of carbonyl (C=O) groups is 2. The zero-order chi connectivity index (χ0) is 27.7. The van der Waals surface area contributed by atoms with E-state index in [-0.39, 0.29) is 19.2 Å². The molecule has 2 atom stereocenters. The van der Waals surface area contributed by atoms with Gasteiger partial charge in [0.2, 0.25) is 5.91 Å². The van der Waals surface area contributed by atoms with Crippen LogP contribution in [-0.2, 0) is 17.1 Å². The van der Waals surface area contributed by atoms with Crippen molar-refractivity contribution < 1.29 is 40.3 Å². The average Bonchev–Trinajstić information content (AvgIpc) is 3.27. The van der Waals surface area contributed by atoms with Gasteiger partial charge >= 0.3 is 18.4 Å². The number of nitriles is 1. The highest BCUT2D eigenvalue weighted by Gasteiger charge is 2.42. The summed E-state index contributed by atoms with van der Waals surface area (Å²) in [5.74, 6) is -1.60. The van der Waals surface area contributed by atoms with E-state index in [1.165, 1.54) is 36.2 Å². The third-order valence-electron chi connectivity index (χ3n) is 6.22. The van der Waals surface area contributed by atoms with Crippen molar-refractivity contribution in [1.82, 2.24) is 9.80 Å². The number of hydrogen-bond donors (Lipinski definition) is 0. The number of likely N-dealkylation sites (tertiary alicyclic amines) is 1. The number of anilines is 1. The molecule has 0 bridgehead atoms. The number of nitrogens with zero attached hydrogens (tertiary/aromatic N) is 4. The van der Waals surface area contributed by atoms with Crippen LogP contribution in [0.5, 0.6) is 0 Å². The average molecular weight is 530 g/mol. The van der Waals surface area contributed by atoms with Gasteiger partial charge in [-0.3, -0.25) is 9.69 Å². The molecular weight excluding hydrogens is 509 g/mol. The number of likely N-dealkylation sites (N-methyl/N-ethyl adjacent to an activating group) is 1. The van der Waals surface area contributed by atoms with Crippen LogP contribution in [0.1, 0.15) is 29.0 Å². The van der Waals surface area contributed by atoms with Crippen LogP contribution in [0.3, 0.4) is 0 Å². The Labute approximate surface area is 207 Å². The quantitative estimate of drug-likeness (QED) is 0.507. The fourth-order valence-corrected chi connectivity index (χ4v) is 4.22. The molecule has 0 aliphatic carbocycles. The van der Waals surface area contributed by atoms with Gasteiger partial charge in [-0.1, -0.05) is 12.1 Å². The summed E-state index contributed by atoms with van der Waals surface area (Å²) in [6.45, 7) is 0.0228. The standard InChI is InChI=1S/C24H21F7N4O2/c1-33(18-10-15(23(26,27)28)9-16(11-18)24(29,30)31)22(37)34(2)20-13-35(21(36)7-8-32)12-19(20)14-3-5-17(25)6-4-14/h3-6,9-11,19-20H,7,12-13H2,1-2H3. The van der Waals surface area contributed by atoms with Crippen molar-refractivity contribution in [3.63, 3.8) is 0 Å². The maximum absolute atomic E-state index is 13.5. The molecule has 0 spiro atoms. The molecule has 6 nitrogen and oxygen atoms in total. The van der Waals surface area contributed by atoms with Gasteiger partial charge in [0.15, 0.2) is 0 Å². The van der Waals surface area contributed by atoms with Gasteiger partial charge < -0.3 is 9.80 Å². The number of rotatable bonds is 4. The first-order valence-electron chi connectivity index (χ1n) is 10.8. The zero-order valence-electron chi connectivity index (χ0n) is 19.6. The third-order valence-corrected chi connectivity index (χ3v) is 6.22. The predicted molar refractivity (Wildman–Crippen MR) is 118 cm³/mol. The molecule has 0 aromatic heterocycles. The van der Waals surface area contributed by atoms with Crippen molar-refractivity contribution in [2.45, 2.75) is 30.7 Å². The van der Waals surface area contributed by atoms with Crippen molar-refractivity contribution >= 4 is 17.6 Å². The molecule has 2 aromatic rings. The Bertz CT molecular complexity index is 1170. The lowest BCUT2D eigenvalue weighted by Gasteiger charge is -2.33. The van der Waals surface area contributed by atoms with Crippen LogP contribution in [0.15, 0.2) is 42.5 Å². The Balaban J connectivity index is 1.96. The SMILES string of the molecule is CN(C(=O)N(C)C1CN(C(=O)CC#N)CC1c1ccc(F)cc1)c1cc(C(F)(F)F)cc(C(F)(F)F)c1. The molecule has 1 heterocycles. The topological polar surface area (TPSA) is 67.7 Å². The normalized spacial score (nSPS) is 17.9. The van der Waals surface area contributed by atoms with Crippen LogP contribution in [-0.4, -0.2) is 55.0 Å². The Morgan fingerprint density at radius 3 is 2.00 bits per heavy atom. The summed E-state index contributed by atoms with van der Waals surface area (Å²) in [5.41, 5.74) is -3.22. The van der Waals surface area contributed by atoms with E-state index < -0.39 is 65.3 Å². The van der Waals surface area contributed by atoms with E-state index in [2.05, 4.69) is 0 Å². The highest BCUT2D eigenvalue weighted by atomic mass is 19.4. The number of benzene rings is 2. The number of amides is 3. The van der Waals surface area contributed by atoms with Crippen molar-refractivity contribution in [3.8, 4) is 6.07 Å². The second kappa shape index (κ2) is 10.3. The maximum atomic E-state index is 13.5. The van der Waals surface area contributed by atoms with Gasteiger partial charge in [0.25, 0.3) is 0 Å². The van der Waals surface area contributed by atoms with Gasteiger partial charge in [0, 0.05) is 38.8 Å². The highest BCUT2D eigenvalue weighted by molar-refractivity contribution is 5.92. The fourth-order valence-electron chi connectivity index (χ4n) is 4.22. The van der Waals surface area contributed by atoms with Crippen LogP contribution in [0.25, 0.3) is 0 Å². The Morgan fingerprint density at radius 1 is 0.973 bits per heavy atom. The van der Waals surface area contributed by atoms with E-state index in [1.54, 1.807) is 6.07 Å². The van der Waals surface area contributed by atoms with Gasteiger partial charge in [0.1, 0.15) is 12.2 Å². The minimum absolute atomic E-state index is 0.0360. The largest absolute Gasteiger partial charge is 0.416 e. The predicted octanol–water partition coefficient (Wildman–Crippen LogP) is 5.26. The third kappa shape index (κ3) is 6.12. The highest BCUT2D eigenvalue weighted by Crippen LogP contribution is 2.39. The zero-order valence-corrected chi connectivity index (χ0v) is 19.6. The lowest BCUT2D eigenvalue weighted by molar-refractivity contribution is -0.143. The molecule has 1 fully saturated rings. The number of hydrogen-bond acceptors (Lipinski definition) is 3. The molecule has 1 aliphatic heterocycles. The van der Waals surface area contributed by atoms with E-state index in [9.17, 15) is 40.3 Å². The lowest BCUT2D eigenvalue weighted by Crippen LogP contribution is -2.47. The van der Waals surface area contributed by atoms with Crippen molar-refractivity contribution in [1.29, 1.82) is 5.26 Å². The molecule has 0 radical (unpaired) electrons. The van der Waals surface area contributed by atoms with Gasteiger partial charge in [-0.15, -0.1) is 0 Å². The van der Waals surface area contributed by atoms with Crippen LogP contribution >= 0.6 is 0 Å². The molecule has 37 heavy (non-hydrogen) atoms. The minimum Gasteiger partial charge on any atom is -0.339 e. The first-order valence-corrected chi connectivity index (χ1v) is 10.8. The molecule has 2 aromatic carbocycles. The molecule has 13 heteroatoms. The molecule has 1 saturated heterocycles. The molecule has 1 aliphatic rings. The van der Waals surface area contributed by atoms with Gasteiger partial charge in [-0.05, 0) is 35.9 Å². The van der Waals surface area contributed by atoms with Crippen LogP contribution < -0.4 is 4.90 Å². The lowest BCUT2D eigenvalue weighted by atomic mass is 9.93. The van der Waals surface area contributed by atoms with Gasteiger partial charge in [-0.2, -0.15) is 31.6 Å². The Kier molecular flexibility index (Phi) is 7.71. The Morgan fingerprint density at radius 2 is 1.51 bits per heavy atom. The van der Waals surface area contributed by atoms with E-state index >= 15 is 0 Å². The summed E-state index contributed by atoms with van der Waals surface area (Å²) in [5, 5.41) is 8.86. The number of halogens is 7. The van der Waals surface area contributed by atoms with E-state index in [0.717, 1.165) is 11.9 Å². The number of alkyl halides is 6. The number of urea groups is 1. The van der Waals surface area contributed by atoms with Gasteiger partial charge in [0.05, 0.1) is 23.2 Å². The van der Waals surface area contributed by atoms with Crippen LogP contribution in [0.4, 0.5) is 41.2 Å². The summed E-state index contributed by atoms with van der Waals surface area (Å²) in [4.78, 5) is 28.7. The van der Waals surface area contributed by atoms with E-state index in [0.29, 0.717) is 22.6 Å². The van der Waals surface area contributed by atoms with Gasteiger partial charge in [-0.25, -0.2) is 9.18 Å². The minimum atomic E-state index is -5.09. The summed E-state index contributed by atoms with van der Waals surface area (Å²) in [7, 11) is 2.34. The monoisotopic (exact) mass is 530 g/mol. The molecule has 3 amide bonds. The first kappa shape index (κ1) is 27.8. The number of carbonyl (C=O) groups excluding carboxylic acids is 2. The first-order chi connectivity index (χ1) is 17.1. The Hall–Kier alpha value is -3.82. The van der Waals surface area contributed by atoms with Crippen molar-refractivity contribution in [3.05, 3.63) is 65.0 Å². The molecule has 0 N–H and O–H groups in total. The molecule has 3 rings (SSSR count). The van der Waals surface area contributed by atoms with E-state index in [1.807, 2.05) is 0 Å². The maximum Gasteiger partial charge on any atom is 0.416 e. The summed E-state index contributed by atoms with van der Waals surface area (Å²) < 4.78 is 93.2. The smallest absolute Gasteiger partial charge is 0.339 e. The van der Waals surface area contributed by atoms with Crippen LogP contribution in [0.2, 0.25) is 0 Å². The van der Waals surface area contributed by atoms with Crippen molar-refractivity contribution in [2.24, 2.45) is 0 Å². The van der Waals surface area contributed by atoms with Crippen LogP contribution in [0, 0.1) is 17.1 Å². The van der Waals surface area contributed by atoms with E-state index in [4.69, 9.17) is 5.26 Å². The fraction of sp³-hybridized carbons (Fsp3) is 0.375. The summed E-state index contributed by atoms with van der Waals surface area (Å²) >= 11 is 0. The molecule has 198 valence electrons. The van der Waals surface area contributed by atoms with Crippen molar-refractivity contribution in [2.75, 3.05) is 32.1 Å². The molecule has 2 unspecified atom stereocenters. The summed E-state index contributed by atoms with van der Waals surface area (Å²) in [6, 6.07) is 6.15. The second-order valence-electron chi connectivity index (χ2n) is 8.58. The summed E-state index contributed by atoms with van der Waals surface area (Å²) in [6.07, 6.45) is -10.6. The molecule has 0 saturated carbocycles. The second-order valence-corrected chi connectivity index (χ2v) is 8.58.